The molecule has 5 heteroatoms. The van der Waals surface area contributed by atoms with Gasteiger partial charge < -0.3 is 0 Å². The lowest BCUT2D eigenvalue weighted by Gasteiger charge is -2.03. The molecule has 0 aliphatic carbocycles. The first-order valence-electron chi connectivity index (χ1n) is 2.36. The summed E-state index contributed by atoms with van der Waals surface area (Å²) in [5.74, 6) is -3.06. The van der Waals surface area contributed by atoms with Gasteiger partial charge in [-0.1, -0.05) is 11.6 Å². The van der Waals surface area contributed by atoms with Crippen LogP contribution in [-0.4, -0.2) is 4.37 Å². The smallest absolute Gasteiger partial charge is 0.200 e. The Balaban J connectivity index is 2.96. The Morgan fingerprint density at radius 2 is 2.30 bits per heavy atom. The van der Waals surface area contributed by atoms with Gasteiger partial charge >= 0.3 is 0 Å². The van der Waals surface area contributed by atoms with Crippen LogP contribution in [0.5, 0.6) is 0 Å². The van der Waals surface area contributed by atoms with Gasteiger partial charge in [0.15, 0.2) is 0 Å². The number of aromatic nitrogens is 1. The van der Waals surface area contributed by atoms with E-state index in [2.05, 4.69) is 11.3 Å². The van der Waals surface area contributed by atoms with Crippen LogP contribution in [0.1, 0.15) is 4.88 Å². The highest BCUT2D eigenvalue weighted by atomic mass is 35.5. The first-order chi connectivity index (χ1) is 4.50. The van der Waals surface area contributed by atoms with Crippen molar-refractivity contribution in [2.24, 2.45) is 0 Å². The van der Waals surface area contributed by atoms with Gasteiger partial charge in [0, 0.05) is 6.92 Å². The van der Waals surface area contributed by atoms with Crippen LogP contribution in [0.2, 0.25) is 5.15 Å². The molecule has 1 aromatic heterocycles. The Labute approximate surface area is 65.8 Å². The third-order valence-electron chi connectivity index (χ3n) is 0.842. The fraction of sp³-hybridized carbons (Fsp3) is 0.200. The third-order valence-corrected chi connectivity index (χ3v) is 2.04. The van der Waals surface area contributed by atoms with Crippen molar-refractivity contribution in [1.82, 2.24) is 4.37 Å². The van der Waals surface area contributed by atoms with E-state index in [0.29, 0.717) is 11.5 Å². The van der Waals surface area contributed by atoms with Crippen LogP contribution in [-0.2, 0) is 5.92 Å². The molecular weight excluding hydrogens is 180 g/mol. The minimum atomic E-state index is -3.06. The molecule has 0 unspecified atom stereocenters. The quantitative estimate of drug-likeness (QED) is 0.651. The summed E-state index contributed by atoms with van der Waals surface area (Å²) in [6, 6.07) is 1.11. The molecule has 0 atom stereocenters. The van der Waals surface area contributed by atoms with Crippen molar-refractivity contribution in [3.63, 3.8) is 0 Å². The van der Waals surface area contributed by atoms with Crippen LogP contribution in [0.3, 0.4) is 0 Å². The van der Waals surface area contributed by atoms with E-state index in [1.807, 2.05) is 0 Å². The van der Waals surface area contributed by atoms with Gasteiger partial charge in [0.1, 0.15) is 5.15 Å². The van der Waals surface area contributed by atoms with E-state index in [0.717, 1.165) is 6.07 Å². The maximum atomic E-state index is 12.3. The molecule has 0 amide bonds. The number of alkyl halides is 2. The molecule has 1 aromatic rings. The summed E-state index contributed by atoms with van der Waals surface area (Å²) in [6.45, 7) is 2.63. The fourth-order valence-corrected chi connectivity index (χ4v) is 1.24. The predicted molar refractivity (Wildman–Crippen MR) is 36.4 cm³/mol. The number of hydrogen-bond donors (Lipinski definition) is 0. The van der Waals surface area contributed by atoms with Crippen molar-refractivity contribution in [3.8, 4) is 0 Å². The van der Waals surface area contributed by atoms with Crippen molar-refractivity contribution < 1.29 is 8.78 Å². The Bertz CT molecular complexity index is 230. The summed E-state index contributed by atoms with van der Waals surface area (Å²) in [5, 5.41) is 0.0864. The summed E-state index contributed by atoms with van der Waals surface area (Å²) < 4.78 is 28.0. The standard InChI is InChI=1S/C5H3ClF2NS/c1-5(7,8)3-2-4(6)9-10-3/h2H,1H2. The number of halogens is 3. The lowest BCUT2D eigenvalue weighted by molar-refractivity contribution is 0.0528. The zero-order chi connectivity index (χ0) is 7.78. The van der Waals surface area contributed by atoms with Crippen LogP contribution < -0.4 is 0 Å². The number of rotatable bonds is 1. The highest BCUT2D eigenvalue weighted by Gasteiger charge is 2.27. The summed E-state index contributed by atoms with van der Waals surface area (Å²) in [5.41, 5.74) is 0. The molecule has 0 aromatic carbocycles. The molecule has 55 valence electrons. The minimum Gasteiger partial charge on any atom is -0.200 e. The fourth-order valence-electron chi connectivity index (χ4n) is 0.426. The van der Waals surface area contributed by atoms with E-state index in [-0.39, 0.29) is 10.0 Å². The van der Waals surface area contributed by atoms with Crippen molar-refractivity contribution >= 4 is 23.1 Å². The van der Waals surface area contributed by atoms with E-state index in [1.54, 1.807) is 0 Å². The SMILES string of the molecule is [CH2]C(F)(F)c1cc(Cl)ns1. The van der Waals surface area contributed by atoms with E-state index < -0.39 is 5.92 Å². The van der Waals surface area contributed by atoms with Gasteiger partial charge in [-0.15, -0.1) is 0 Å². The molecule has 1 nitrogen and oxygen atoms in total. The maximum Gasteiger partial charge on any atom is 0.284 e. The first kappa shape index (κ1) is 7.88. The lowest BCUT2D eigenvalue weighted by atomic mass is 10.3. The van der Waals surface area contributed by atoms with E-state index in [4.69, 9.17) is 11.6 Å². The van der Waals surface area contributed by atoms with Crippen LogP contribution in [0.15, 0.2) is 6.07 Å². The molecule has 0 saturated heterocycles. The highest BCUT2D eigenvalue weighted by molar-refractivity contribution is 7.06. The molecule has 0 aliphatic rings. The average Bonchev–Trinajstić information content (AvgIpc) is 2.11. The highest BCUT2D eigenvalue weighted by Crippen LogP contribution is 2.31. The van der Waals surface area contributed by atoms with Gasteiger partial charge in [-0.05, 0) is 17.6 Å². The Kier molecular flexibility index (Phi) is 1.92. The molecule has 0 fully saturated rings. The second kappa shape index (κ2) is 2.43. The lowest BCUT2D eigenvalue weighted by Crippen LogP contribution is -2.03. The van der Waals surface area contributed by atoms with Crippen molar-refractivity contribution in [2.75, 3.05) is 0 Å². The molecule has 1 rings (SSSR count). The molecule has 0 bridgehead atoms. The normalized spacial score (nSPS) is 12.0. The Morgan fingerprint density at radius 1 is 1.70 bits per heavy atom. The monoisotopic (exact) mass is 182 g/mol. The van der Waals surface area contributed by atoms with Crippen molar-refractivity contribution in [1.29, 1.82) is 0 Å². The van der Waals surface area contributed by atoms with Gasteiger partial charge in [0.25, 0.3) is 5.92 Å². The van der Waals surface area contributed by atoms with E-state index >= 15 is 0 Å². The zero-order valence-corrected chi connectivity index (χ0v) is 6.35. The largest absolute Gasteiger partial charge is 0.284 e. The van der Waals surface area contributed by atoms with Gasteiger partial charge in [0.05, 0.1) is 4.88 Å². The van der Waals surface area contributed by atoms with Gasteiger partial charge in [0.2, 0.25) is 0 Å². The summed E-state index contributed by atoms with van der Waals surface area (Å²) in [4.78, 5) is -0.211. The molecule has 0 spiro atoms. The van der Waals surface area contributed by atoms with E-state index in [1.165, 1.54) is 0 Å². The van der Waals surface area contributed by atoms with Crippen LogP contribution in [0, 0.1) is 6.92 Å². The molecule has 0 saturated carbocycles. The number of hydrogen-bond acceptors (Lipinski definition) is 2. The second-order valence-corrected chi connectivity index (χ2v) is 2.91. The molecular formula is C5H3ClF2NS. The zero-order valence-electron chi connectivity index (χ0n) is 4.77. The predicted octanol–water partition coefficient (Wildman–Crippen LogP) is 2.72. The van der Waals surface area contributed by atoms with Crippen molar-refractivity contribution in [3.05, 3.63) is 23.0 Å². The van der Waals surface area contributed by atoms with E-state index in [9.17, 15) is 8.78 Å². The summed E-state index contributed by atoms with van der Waals surface area (Å²) in [6.07, 6.45) is 0. The average molecular weight is 183 g/mol. The van der Waals surface area contributed by atoms with Gasteiger partial charge in [-0.2, -0.15) is 4.37 Å². The number of nitrogens with zero attached hydrogens (tertiary/aromatic N) is 1. The van der Waals surface area contributed by atoms with Crippen LogP contribution in [0.25, 0.3) is 0 Å². The summed E-state index contributed by atoms with van der Waals surface area (Å²) >= 11 is 5.97. The van der Waals surface area contributed by atoms with Crippen LogP contribution in [0.4, 0.5) is 8.78 Å². The molecule has 10 heavy (non-hydrogen) atoms. The molecule has 0 N–H and O–H groups in total. The molecule has 1 radical (unpaired) electrons. The molecule has 1 heterocycles. The molecule has 0 aliphatic heterocycles. The maximum absolute atomic E-state index is 12.3. The topological polar surface area (TPSA) is 12.9 Å². The van der Waals surface area contributed by atoms with Crippen LogP contribution >= 0.6 is 23.1 Å². The Hall–Kier alpha value is -0.220. The third kappa shape index (κ3) is 1.64. The Morgan fingerprint density at radius 3 is 2.50 bits per heavy atom. The van der Waals surface area contributed by atoms with Gasteiger partial charge in [-0.3, -0.25) is 0 Å². The van der Waals surface area contributed by atoms with Crippen molar-refractivity contribution in [2.45, 2.75) is 5.92 Å². The van der Waals surface area contributed by atoms with Gasteiger partial charge in [-0.25, -0.2) is 8.78 Å². The minimum absolute atomic E-state index is 0.0864. The second-order valence-electron chi connectivity index (χ2n) is 1.72. The summed E-state index contributed by atoms with van der Waals surface area (Å²) in [7, 11) is 0. The first-order valence-corrected chi connectivity index (χ1v) is 3.51.